The summed E-state index contributed by atoms with van der Waals surface area (Å²) < 4.78 is 0. The Morgan fingerprint density at radius 1 is 1.45 bits per heavy atom. The fourth-order valence-electron chi connectivity index (χ4n) is 1.94. The summed E-state index contributed by atoms with van der Waals surface area (Å²) in [6.45, 7) is 3.79. The first-order chi connectivity index (χ1) is 10.6. The largest absolute Gasteiger partial charge is 0.325 e. The van der Waals surface area contributed by atoms with E-state index in [1.54, 1.807) is 24.5 Å². The zero-order valence-electron chi connectivity index (χ0n) is 12.5. The minimum atomic E-state index is -0.0802. The van der Waals surface area contributed by atoms with Gasteiger partial charge in [0.2, 0.25) is 5.91 Å². The molecule has 0 saturated carbocycles. The number of nitrogens with one attached hydrogen (secondary N) is 1. The van der Waals surface area contributed by atoms with Crippen LogP contribution in [0.25, 0.3) is 0 Å². The molecule has 0 aromatic carbocycles. The second-order valence-corrected chi connectivity index (χ2v) is 5.84. The van der Waals surface area contributed by atoms with Crippen LogP contribution < -0.4 is 5.32 Å². The lowest BCUT2D eigenvalue weighted by molar-refractivity contribution is -0.115. The molecule has 0 aliphatic heterocycles. The molecule has 1 amide bonds. The van der Waals surface area contributed by atoms with Gasteiger partial charge in [0, 0.05) is 24.1 Å². The van der Waals surface area contributed by atoms with E-state index in [4.69, 9.17) is 0 Å². The number of amides is 1. The molecule has 0 bridgehead atoms. The lowest BCUT2D eigenvalue weighted by Gasteiger charge is -2.07. The van der Waals surface area contributed by atoms with E-state index >= 15 is 0 Å². The molecule has 0 saturated heterocycles. The van der Waals surface area contributed by atoms with Crippen LogP contribution in [-0.4, -0.2) is 21.6 Å². The van der Waals surface area contributed by atoms with Gasteiger partial charge < -0.3 is 5.32 Å². The molecular formula is C16H16N4OS. The first kappa shape index (κ1) is 16.0. The van der Waals surface area contributed by atoms with Crippen LogP contribution in [0.15, 0.2) is 35.6 Å². The van der Waals surface area contributed by atoms with Crippen molar-refractivity contribution in [3.63, 3.8) is 0 Å². The second-order valence-electron chi connectivity index (χ2n) is 4.76. The molecule has 0 aliphatic rings. The predicted octanol–water partition coefficient (Wildman–Crippen LogP) is 3.09. The van der Waals surface area contributed by atoms with E-state index < -0.39 is 0 Å². The Balaban J connectivity index is 1.92. The van der Waals surface area contributed by atoms with Crippen LogP contribution in [0.3, 0.4) is 0 Å². The molecule has 0 spiro atoms. The molecule has 2 rings (SSSR count). The van der Waals surface area contributed by atoms with Crippen LogP contribution in [0.2, 0.25) is 0 Å². The van der Waals surface area contributed by atoms with E-state index in [1.165, 1.54) is 11.8 Å². The number of carbonyl (C=O) groups is 1. The monoisotopic (exact) mass is 312 g/mol. The van der Waals surface area contributed by atoms with Crippen molar-refractivity contribution in [2.75, 3.05) is 11.1 Å². The van der Waals surface area contributed by atoms with E-state index in [-0.39, 0.29) is 5.91 Å². The van der Waals surface area contributed by atoms with Crippen molar-refractivity contribution in [3.05, 3.63) is 47.4 Å². The van der Waals surface area contributed by atoms with Gasteiger partial charge in [-0.15, -0.1) is 11.8 Å². The van der Waals surface area contributed by atoms with Gasteiger partial charge in [0.05, 0.1) is 17.4 Å². The van der Waals surface area contributed by atoms with Crippen LogP contribution in [0.4, 0.5) is 5.69 Å². The molecule has 0 unspecified atom stereocenters. The van der Waals surface area contributed by atoms with Crippen LogP contribution >= 0.6 is 11.8 Å². The van der Waals surface area contributed by atoms with Gasteiger partial charge in [0.1, 0.15) is 11.1 Å². The number of pyridine rings is 2. The Morgan fingerprint density at radius 2 is 2.27 bits per heavy atom. The quantitative estimate of drug-likeness (QED) is 0.858. The standard InChI is InChI=1S/C16H16N4OS/c1-11-8-12(2)19-16(14(11)9-17)22-7-5-15(21)20-13-4-3-6-18-10-13/h3-4,6,8,10H,5,7H2,1-2H3,(H,20,21). The molecule has 2 heterocycles. The minimum absolute atomic E-state index is 0.0802. The average molecular weight is 312 g/mol. The summed E-state index contributed by atoms with van der Waals surface area (Å²) in [5, 5.41) is 12.7. The molecule has 112 valence electrons. The number of hydrogen-bond acceptors (Lipinski definition) is 5. The fourth-order valence-corrected chi connectivity index (χ4v) is 2.98. The van der Waals surface area contributed by atoms with Crippen molar-refractivity contribution >= 4 is 23.4 Å². The number of anilines is 1. The molecule has 5 nitrogen and oxygen atoms in total. The van der Waals surface area contributed by atoms with Gasteiger partial charge in [-0.1, -0.05) is 0 Å². The number of thioether (sulfide) groups is 1. The van der Waals surface area contributed by atoms with Crippen LogP contribution in [0.5, 0.6) is 0 Å². The molecule has 0 atom stereocenters. The van der Waals surface area contributed by atoms with Crippen molar-refractivity contribution in [1.29, 1.82) is 5.26 Å². The fraction of sp³-hybridized carbons (Fsp3) is 0.250. The van der Waals surface area contributed by atoms with Crippen molar-refractivity contribution in [2.24, 2.45) is 0 Å². The van der Waals surface area contributed by atoms with E-state index in [9.17, 15) is 10.1 Å². The highest BCUT2D eigenvalue weighted by atomic mass is 32.2. The molecule has 2 aromatic rings. The van der Waals surface area contributed by atoms with E-state index in [2.05, 4.69) is 21.4 Å². The zero-order valence-corrected chi connectivity index (χ0v) is 13.3. The Bertz CT molecular complexity index is 710. The third-order valence-corrected chi connectivity index (χ3v) is 3.91. The topological polar surface area (TPSA) is 78.7 Å². The molecule has 0 fully saturated rings. The smallest absolute Gasteiger partial charge is 0.225 e. The van der Waals surface area contributed by atoms with Gasteiger partial charge in [0.25, 0.3) is 0 Å². The Hall–Kier alpha value is -2.39. The molecule has 1 N–H and O–H groups in total. The highest BCUT2D eigenvalue weighted by molar-refractivity contribution is 7.99. The minimum Gasteiger partial charge on any atom is -0.325 e. The number of nitriles is 1. The molecule has 0 radical (unpaired) electrons. The van der Waals surface area contributed by atoms with Crippen LogP contribution in [0.1, 0.15) is 23.2 Å². The summed E-state index contributed by atoms with van der Waals surface area (Å²) in [6, 6.07) is 7.62. The highest BCUT2D eigenvalue weighted by Gasteiger charge is 2.10. The summed E-state index contributed by atoms with van der Waals surface area (Å²) in [7, 11) is 0. The summed E-state index contributed by atoms with van der Waals surface area (Å²) in [4.78, 5) is 20.2. The predicted molar refractivity (Wildman–Crippen MR) is 86.6 cm³/mol. The second kappa shape index (κ2) is 7.57. The molecule has 6 heteroatoms. The normalized spacial score (nSPS) is 10.0. The van der Waals surface area contributed by atoms with Crippen molar-refractivity contribution in [1.82, 2.24) is 9.97 Å². The summed E-state index contributed by atoms with van der Waals surface area (Å²) in [5.41, 5.74) is 3.05. The maximum Gasteiger partial charge on any atom is 0.225 e. The van der Waals surface area contributed by atoms with Gasteiger partial charge in [-0.3, -0.25) is 9.78 Å². The lowest BCUT2D eigenvalue weighted by Crippen LogP contribution is -2.12. The number of aryl methyl sites for hydroxylation is 2. The Morgan fingerprint density at radius 3 is 2.95 bits per heavy atom. The van der Waals surface area contributed by atoms with Crippen molar-refractivity contribution < 1.29 is 4.79 Å². The lowest BCUT2D eigenvalue weighted by atomic mass is 10.1. The SMILES string of the molecule is Cc1cc(C)c(C#N)c(SCCC(=O)Nc2cccnc2)n1. The van der Waals surface area contributed by atoms with Gasteiger partial charge in [-0.25, -0.2) is 4.98 Å². The first-order valence-electron chi connectivity index (χ1n) is 6.81. The van der Waals surface area contributed by atoms with Gasteiger partial charge >= 0.3 is 0 Å². The third-order valence-electron chi connectivity index (χ3n) is 2.94. The maximum absolute atomic E-state index is 11.9. The molecular weight excluding hydrogens is 296 g/mol. The van der Waals surface area contributed by atoms with E-state index in [0.29, 0.717) is 28.5 Å². The summed E-state index contributed by atoms with van der Waals surface area (Å²) in [6.07, 6.45) is 3.60. The molecule has 0 aliphatic carbocycles. The first-order valence-corrected chi connectivity index (χ1v) is 7.79. The molecule has 22 heavy (non-hydrogen) atoms. The van der Waals surface area contributed by atoms with E-state index in [0.717, 1.165) is 11.3 Å². The van der Waals surface area contributed by atoms with Gasteiger partial charge in [-0.2, -0.15) is 5.26 Å². The number of aromatic nitrogens is 2. The Kier molecular flexibility index (Phi) is 5.50. The van der Waals surface area contributed by atoms with E-state index in [1.807, 2.05) is 19.9 Å². The summed E-state index contributed by atoms with van der Waals surface area (Å²) in [5.74, 6) is 0.486. The number of rotatable bonds is 5. The Labute approximate surface area is 133 Å². The van der Waals surface area contributed by atoms with Crippen LogP contribution in [-0.2, 0) is 4.79 Å². The number of nitrogens with zero attached hydrogens (tertiary/aromatic N) is 3. The average Bonchev–Trinajstić information content (AvgIpc) is 2.48. The van der Waals surface area contributed by atoms with Gasteiger partial charge in [-0.05, 0) is 37.6 Å². The van der Waals surface area contributed by atoms with Crippen molar-refractivity contribution in [2.45, 2.75) is 25.3 Å². The zero-order chi connectivity index (χ0) is 15.9. The summed E-state index contributed by atoms with van der Waals surface area (Å²) >= 11 is 1.43. The number of carbonyl (C=O) groups excluding carboxylic acids is 1. The molecule has 2 aromatic heterocycles. The van der Waals surface area contributed by atoms with Crippen LogP contribution in [0, 0.1) is 25.2 Å². The van der Waals surface area contributed by atoms with Gasteiger partial charge in [0.15, 0.2) is 0 Å². The number of hydrogen-bond donors (Lipinski definition) is 1. The highest BCUT2D eigenvalue weighted by Crippen LogP contribution is 2.24. The third kappa shape index (κ3) is 4.30. The maximum atomic E-state index is 11.9. The van der Waals surface area contributed by atoms with Crippen molar-refractivity contribution in [3.8, 4) is 6.07 Å².